The van der Waals surface area contributed by atoms with E-state index in [9.17, 15) is 13.2 Å². The van der Waals surface area contributed by atoms with Gasteiger partial charge in [-0.25, -0.2) is 13.6 Å². The van der Waals surface area contributed by atoms with Crippen molar-refractivity contribution in [1.82, 2.24) is 4.90 Å². The second-order valence-corrected chi connectivity index (χ2v) is 11.0. The molecule has 1 aliphatic rings. The molecule has 0 unspecified atom stereocenters. The van der Waals surface area contributed by atoms with Crippen LogP contribution in [0.15, 0.2) is 77.7 Å². The van der Waals surface area contributed by atoms with E-state index in [2.05, 4.69) is 10.2 Å². The van der Waals surface area contributed by atoms with Crippen molar-refractivity contribution in [2.24, 2.45) is 10.9 Å². The summed E-state index contributed by atoms with van der Waals surface area (Å²) in [5.41, 5.74) is 9.20. The molecular formula is C28H33N5O3S. The van der Waals surface area contributed by atoms with Crippen molar-refractivity contribution < 1.29 is 13.2 Å². The van der Waals surface area contributed by atoms with Crippen molar-refractivity contribution in [2.75, 3.05) is 11.9 Å². The van der Waals surface area contributed by atoms with Crippen LogP contribution in [0.5, 0.6) is 0 Å². The number of nitrogen functional groups attached to an aromatic ring is 1. The van der Waals surface area contributed by atoms with Gasteiger partial charge in [-0.2, -0.15) is 0 Å². The predicted octanol–water partition coefficient (Wildman–Crippen LogP) is 4.06. The summed E-state index contributed by atoms with van der Waals surface area (Å²) in [6, 6.07) is 21.6. The summed E-state index contributed by atoms with van der Waals surface area (Å²) in [7, 11) is -3.86. The number of sulfonamides is 1. The highest BCUT2D eigenvalue weighted by molar-refractivity contribution is 7.89. The number of nitrogens with two attached hydrogens (primary N) is 2. The second-order valence-electron chi connectivity index (χ2n) is 9.48. The van der Waals surface area contributed by atoms with Crippen molar-refractivity contribution >= 4 is 27.5 Å². The number of anilines is 1. The molecule has 37 heavy (non-hydrogen) atoms. The molecule has 194 valence electrons. The Morgan fingerprint density at radius 1 is 0.973 bits per heavy atom. The lowest BCUT2D eigenvalue weighted by Crippen LogP contribution is -2.41. The average Bonchev–Trinajstić information content (AvgIpc) is 2.89. The van der Waals surface area contributed by atoms with Crippen molar-refractivity contribution in [3.05, 3.63) is 83.9 Å². The van der Waals surface area contributed by atoms with E-state index >= 15 is 0 Å². The molecule has 0 bridgehead atoms. The maximum Gasteiger partial charge on any atom is 0.238 e. The van der Waals surface area contributed by atoms with E-state index in [-0.39, 0.29) is 23.2 Å². The number of nitrogens with one attached hydrogen (secondary N) is 2. The zero-order valence-corrected chi connectivity index (χ0v) is 21.5. The minimum absolute atomic E-state index is 0.0268. The third-order valence-electron chi connectivity index (χ3n) is 6.73. The van der Waals surface area contributed by atoms with Gasteiger partial charge in [-0.15, -0.1) is 0 Å². The molecule has 9 heteroatoms. The Labute approximate surface area is 218 Å². The largest absolute Gasteiger partial charge is 0.384 e. The molecule has 3 aromatic carbocycles. The number of amides is 1. The topological polar surface area (TPSA) is 142 Å². The van der Waals surface area contributed by atoms with E-state index in [1.807, 2.05) is 24.3 Å². The summed E-state index contributed by atoms with van der Waals surface area (Å²) in [6.07, 6.45) is 5.63. The fourth-order valence-electron chi connectivity index (χ4n) is 4.90. The van der Waals surface area contributed by atoms with Crippen LogP contribution in [0.3, 0.4) is 0 Å². The minimum Gasteiger partial charge on any atom is -0.384 e. The van der Waals surface area contributed by atoms with Gasteiger partial charge in [0.15, 0.2) is 0 Å². The predicted molar refractivity (Wildman–Crippen MR) is 147 cm³/mol. The molecule has 1 saturated carbocycles. The highest BCUT2D eigenvalue weighted by Gasteiger charge is 2.24. The number of hydrogen-bond donors (Lipinski definition) is 4. The number of nitrogens with zero attached hydrogens (tertiary/aromatic N) is 1. The van der Waals surface area contributed by atoms with Gasteiger partial charge >= 0.3 is 0 Å². The maximum absolute atomic E-state index is 13.1. The summed E-state index contributed by atoms with van der Waals surface area (Å²) < 4.78 is 23.9. The zero-order chi connectivity index (χ0) is 26.4. The molecule has 0 saturated heterocycles. The van der Waals surface area contributed by atoms with Gasteiger partial charge in [0.25, 0.3) is 0 Å². The van der Waals surface area contributed by atoms with Crippen LogP contribution in [0, 0.1) is 5.41 Å². The Kier molecular flexibility index (Phi) is 8.38. The lowest BCUT2D eigenvalue weighted by atomic mass is 9.93. The molecule has 0 aliphatic heterocycles. The highest BCUT2D eigenvalue weighted by atomic mass is 32.2. The van der Waals surface area contributed by atoms with Gasteiger partial charge in [0, 0.05) is 29.4 Å². The van der Waals surface area contributed by atoms with Gasteiger partial charge in [0.1, 0.15) is 5.84 Å². The first-order valence-electron chi connectivity index (χ1n) is 12.4. The van der Waals surface area contributed by atoms with Crippen molar-refractivity contribution in [2.45, 2.75) is 49.6 Å². The van der Waals surface area contributed by atoms with Gasteiger partial charge in [-0.1, -0.05) is 67.8 Å². The van der Waals surface area contributed by atoms with E-state index in [1.54, 1.807) is 42.5 Å². The third kappa shape index (κ3) is 7.03. The summed E-state index contributed by atoms with van der Waals surface area (Å²) >= 11 is 0. The smallest absolute Gasteiger partial charge is 0.238 e. The van der Waals surface area contributed by atoms with Crippen LogP contribution in [0.25, 0.3) is 11.1 Å². The van der Waals surface area contributed by atoms with E-state index in [4.69, 9.17) is 16.3 Å². The number of rotatable bonds is 9. The van der Waals surface area contributed by atoms with Gasteiger partial charge < -0.3 is 11.1 Å². The van der Waals surface area contributed by atoms with Crippen molar-refractivity contribution in [1.29, 1.82) is 5.41 Å². The average molecular weight is 520 g/mol. The second kappa shape index (κ2) is 11.7. The van der Waals surface area contributed by atoms with Crippen LogP contribution in [-0.4, -0.2) is 37.6 Å². The summed E-state index contributed by atoms with van der Waals surface area (Å²) in [6.45, 7) is 0.841. The van der Waals surface area contributed by atoms with Crippen molar-refractivity contribution in [3.63, 3.8) is 0 Å². The third-order valence-corrected chi connectivity index (χ3v) is 7.70. The molecule has 0 heterocycles. The Morgan fingerprint density at radius 3 is 2.35 bits per heavy atom. The monoisotopic (exact) mass is 519 g/mol. The summed E-state index contributed by atoms with van der Waals surface area (Å²) in [4.78, 5) is 15.3. The summed E-state index contributed by atoms with van der Waals surface area (Å²) in [5, 5.41) is 16.1. The van der Waals surface area contributed by atoms with Crippen LogP contribution in [0.1, 0.15) is 43.2 Å². The molecular weight excluding hydrogens is 486 g/mol. The molecule has 1 fully saturated rings. The molecule has 1 amide bonds. The molecule has 3 aromatic rings. The SMILES string of the molecule is N=C(N)c1cccc(CN(CC(=O)Nc2ccc(-c3ccccc3S(N)(=O)=O)cc2)C2CCCCC2)c1. The molecule has 6 N–H and O–H groups in total. The van der Waals surface area contributed by atoms with Crippen LogP contribution in [0.2, 0.25) is 0 Å². The van der Waals surface area contributed by atoms with Gasteiger partial charge in [-0.05, 0) is 48.2 Å². The minimum atomic E-state index is -3.86. The van der Waals surface area contributed by atoms with E-state index in [1.165, 1.54) is 12.5 Å². The quantitative estimate of drug-likeness (QED) is 0.249. The zero-order valence-electron chi connectivity index (χ0n) is 20.7. The van der Waals surface area contributed by atoms with Gasteiger partial charge in [0.2, 0.25) is 15.9 Å². The van der Waals surface area contributed by atoms with E-state index in [0.717, 1.165) is 31.2 Å². The lowest BCUT2D eigenvalue weighted by Gasteiger charge is -2.34. The Bertz CT molecular complexity index is 1370. The molecule has 0 spiro atoms. The Hall–Kier alpha value is -3.53. The molecule has 8 nitrogen and oxygen atoms in total. The fraction of sp³-hybridized carbons (Fsp3) is 0.286. The van der Waals surface area contributed by atoms with E-state index < -0.39 is 10.0 Å². The van der Waals surface area contributed by atoms with Crippen LogP contribution in [-0.2, 0) is 21.4 Å². The highest BCUT2D eigenvalue weighted by Crippen LogP contribution is 2.28. The first-order valence-corrected chi connectivity index (χ1v) is 13.9. The lowest BCUT2D eigenvalue weighted by molar-refractivity contribution is -0.118. The molecule has 0 atom stereocenters. The Morgan fingerprint density at radius 2 is 1.68 bits per heavy atom. The van der Waals surface area contributed by atoms with Crippen LogP contribution >= 0.6 is 0 Å². The molecule has 0 radical (unpaired) electrons. The Balaban J connectivity index is 1.47. The number of amidine groups is 1. The van der Waals surface area contributed by atoms with Crippen LogP contribution in [0.4, 0.5) is 5.69 Å². The maximum atomic E-state index is 13.1. The van der Waals surface area contributed by atoms with E-state index in [0.29, 0.717) is 35.0 Å². The first kappa shape index (κ1) is 26.5. The van der Waals surface area contributed by atoms with Gasteiger partial charge in [0.05, 0.1) is 11.4 Å². The summed E-state index contributed by atoms with van der Waals surface area (Å²) in [5.74, 6) is -0.0927. The van der Waals surface area contributed by atoms with Crippen molar-refractivity contribution in [3.8, 4) is 11.1 Å². The number of carbonyl (C=O) groups is 1. The van der Waals surface area contributed by atoms with Gasteiger partial charge in [-0.3, -0.25) is 15.1 Å². The van der Waals surface area contributed by atoms with Crippen LogP contribution < -0.4 is 16.2 Å². The molecule has 4 rings (SSSR count). The molecule has 1 aliphatic carbocycles. The number of primary sulfonamides is 1. The normalized spacial score (nSPS) is 14.4. The number of benzene rings is 3. The standard InChI is InChI=1S/C28H33N5O3S/c29-28(30)22-8-6-7-20(17-22)18-33(24-9-2-1-3-10-24)19-27(34)32-23-15-13-21(14-16-23)25-11-4-5-12-26(25)37(31,35)36/h4-8,11-17,24H,1-3,9-10,18-19H2,(H3,29,30)(H,32,34)(H2,31,35,36). The number of hydrogen-bond acceptors (Lipinski definition) is 5. The first-order chi connectivity index (χ1) is 17.7. The number of carbonyl (C=O) groups excluding carboxylic acids is 1. The molecule has 0 aromatic heterocycles. The fourth-order valence-corrected chi connectivity index (χ4v) is 5.66.